The number of rotatable bonds is 1. The minimum absolute atomic E-state index is 0.236. The fraction of sp³-hybridized carbons (Fsp3) is 0.800. The Balaban J connectivity index is 1.76. The zero-order valence-corrected chi connectivity index (χ0v) is 11.9. The first-order chi connectivity index (χ1) is 9.80. The molecule has 3 heterocycles. The van der Waals surface area contributed by atoms with Gasteiger partial charge in [0, 0.05) is 5.92 Å². The van der Waals surface area contributed by atoms with Crippen LogP contribution in [0.4, 0.5) is 0 Å². The first-order valence-electron chi connectivity index (χ1n) is 7.36. The van der Waals surface area contributed by atoms with Gasteiger partial charge in [0.05, 0.1) is 17.9 Å². The molecule has 2 aliphatic carbocycles. The number of epoxide rings is 2. The molecule has 0 aromatic heterocycles. The summed E-state index contributed by atoms with van der Waals surface area (Å²) in [5.41, 5.74) is -2.38. The minimum atomic E-state index is -1.47. The number of hydrogen-bond donors (Lipinski definition) is 2. The van der Waals surface area contributed by atoms with Gasteiger partial charge >= 0.3 is 5.97 Å². The third-order valence-corrected chi connectivity index (χ3v) is 6.72. The van der Waals surface area contributed by atoms with E-state index in [1.165, 1.54) is 0 Å². The Bertz CT molecular complexity index is 597. The van der Waals surface area contributed by atoms with Crippen molar-refractivity contribution in [1.29, 1.82) is 0 Å². The number of ether oxygens (including phenoxy) is 3. The van der Waals surface area contributed by atoms with E-state index in [1.54, 1.807) is 13.8 Å². The second-order valence-corrected chi connectivity index (χ2v) is 7.38. The summed E-state index contributed by atoms with van der Waals surface area (Å²) in [5.74, 6) is -1.60. The number of carbonyl (C=O) groups excluding carboxylic acids is 1. The van der Waals surface area contributed by atoms with E-state index in [9.17, 15) is 15.0 Å². The number of carbonyl (C=O) groups is 1. The monoisotopic (exact) mass is 294 g/mol. The summed E-state index contributed by atoms with van der Waals surface area (Å²) in [6.45, 7) is 7.96. The van der Waals surface area contributed by atoms with Gasteiger partial charge in [-0.1, -0.05) is 19.1 Å². The highest BCUT2D eigenvalue weighted by Crippen LogP contribution is 2.75. The van der Waals surface area contributed by atoms with Crippen molar-refractivity contribution in [1.82, 2.24) is 0 Å². The molecular formula is C15H18O6. The van der Waals surface area contributed by atoms with E-state index in [4.69, 9.17) is 14.2 Å². The van der Waals surface area contributed by atoms with Crippen LogP contribution in [-0.2, 0) is 19.0 Å². The fourth-order valence-electron chi connectivity index (χ4n) is 5.49. The molecule has 0 aromatic rings. The Morgan fingerprint density at radius 3 is 2.67 bits per heavy atom. The van der Waals surface area contributed by atoms with Gasteiger partial charge in [-0.25, -0.2) is 0 Å². The minimum Gasteiger partial charge on any atom is -0.459 e. The lowest BCUT2D eigenvalue weighted by molar-refractivity contribution is -0.232. The van der Waals surface area contributed by atoms with Crippen molar-refractivity contribution in [2.24, 2.45) is 17.3 Å². The largest absolute Gasteiger partial charge is 0.459 e. The maximum absolute atomic E-state index is 12.4. The van der Waals surface area contributed by atoms with E-state index in [0.717, 1.165) is 5.57 Å². The van der Waals surface area contributed by atoms with Gasteiger partial charge in [-0.3, -0.25) is 4.79 Å². The van der Waals surface area contributed by atoms with Crippen molar-refractivity contribution in [3.05, 3.63) is 12.2 Å². The van der Waals surface area contributed by atoms with E-state index in [-0.39, 0.29) is 12.0 Å². The topological polar surface area (TPSA) is 91.8 Å². The molecule has 3 saturated heterocycles. The zero-order chi connectivity index (χ0) is 14.9. The predicted octanol–water partition coefficient (Wildman–Crippen LogP) is -0.618. The van der Waals surface area contributed by atoms with Crippen LogP contribution in [-0.4, -0.2) is 58.4 Å². The first kappa shape index (κ1) is 12.6. The Kier molecular flexibility index (Phi) is 1.83. The van der Waals surface area contributed by atoms with Crippen molar-refractivity contribution in [2.75, 3.05) is 6.61 Å². The lowest BCUT2D eigenvalue weighted by Gasteiger charge is -2.54. The molecular weight excluding hydrogens is 276 g/mol. The van der Waals surface area contributed by atoms with E-state index in [0.29, 0.717) is 6.61 Å². The molecule has 21 heavy (non-hydrogen) atoms. The van der Waals surface area contributed by atoms with Crippen LogP contribution in [0.15, 0.2) is 12.2 Å². The van der Waals surface area contributed by atoms with Crippen molar-refractivity contribution < 1.29 is 29.2 Å². The number of aliphatic hydroxyl groups is 2. The summed E-state index contributed by atoms with van der Waals surface area (Å²) in [6, 6.07) is 0. The van der Waals surface area contributed by atoms with Gasteiger partial charge in [-0.2, -0.15) is 0 Å². The Hall–Kier alpha value is -0.950. The second kappa shape index (κ2) is 3.06. The van der Waals surface area contributed by atoms with Gasteiger partial charge in [0.2, 0.25) is 0 Å². The maximum Gasteiger partial charge on any atom is 0.313 e. The first-order valence-corrected chi connectivity index (χ1v) is 7.36. The summed E-state index contributed by atoms with van der Waals surface area (Å²) >= 11 is 0. The van der Waals surface area contributed by atoms with Crippen LogP contribution in [0.5, 0.6) is 0 Å². The molecule has 0 aromatic carbocycles. The SMILES string of the molecule is C=C(C)C1C2OC(=O)C1C1(O)C3OC3C3(CO3)C1(C)C2O. The van der Waals surface area contributed by atoms with Crippen molar-refractivity contribution in [3.8, 4) is 0 Å². The molecule has 3 aliphatic heterocycles. The summed E-state index contributed by atoms with van der Waals surface area (Å²) in [4.78, 5) is 12.4. The van der Waals surface area contributed by atoms with Gasteiger partial charge in [0.25, 0.3) is 0 Å². The third-order valence-electron chi connectivity index (χ3n) is 6.72. The highest BCUT2D eigenvalue weighted by Gasteiger charge is 2.94. The van der Waals surface area contributed by atoms with Crippen LogP contribution >= 0.6 is 0 Å². The van der Waals surface area contributed by atoms with Gasteiger partial charge in [0.1, 0.15) is 35.6 Å². The molecule has 5 fully saturated rings. The standard InChI is InChI=1S/C15H18O6/c1-5(2)6-7-12(17)20-8(6)9(16)13(3)14(4-19-14)10-11(21-10)15(7,13)18/h6-11,16,18H,1,4H2,2-3H3. The third kappa shape index (κ3) is 0.958. The highest BCUT2D eigenvalue weighted by atomic mass is 16.7. The quantitative estimate of drug-likeness (QED) is 0.380. The molecule has 5 aliphatic rings. The lowest BCUT2D eigenvalue weighted by atomic mass is 9.52. The van der Waals surface area contributed by atoms with E-state index < -0.39 is 46.8 Å². The average molecular weight is 294 g/mol. The van der Waals surface area contributed by atoms with Gasteiger partial charge in [-0.05, 0) is 6.92 Å². The van der Waals surface area contributed by atoms with Crippen molar-refractivity contribution >= 4 is 5.97 Å². The summed E-state index contributed by atoms with van der Waals surface area (Å²) in [6.07, 6.45) is -2.37. The molecule has 5 rings (SSSR count). The number of esters is 1. The molecule has 6 nitrogen and oxygen atoms in total. The Morgan fingerprint density at radius 2 is 2.10 bits per heavy atom. The second-order valence-electron chi connectivity index (χ2n) is 7.38. The number of aliphatic hydroxyl groups excluding tert-OH is 1. The molecule has 2 N–H and O–H groups in total. The van der Waals surface area contributed by atoms with Crippen LogP contribution in [0, 0.1) is 17.3 Å². The fourth-order valence-corrected chi connectivity index (χ4v) is 5.49. The molecule has 0 amide bonds. The highest BCUT2D eigenvalue weighted by molar-refractivity contribution is 5.80. The summed E-state index contributed by atoms with van der Waals surface area (Å²) in [7, 11) is 0. The molecule has 2 saturated carbocycles. The number of fused-ring (bicyclic) bond motifs is 8. The molecule has 0 radical (unpaired) electrons. The average Bonchev–Trinajstić information content (AvgIpc) is 3.27. The van der Waals surface area contributed by atoms with Crippen LogP contribution in [0.2, 0.25) is 0 Å². The lowest BCUT2D eigenvalue weighted by Crippen LogP contribution is -2.70. The van der Waals surface area contributed by atoms with Gasteiger partial charge in [-0.15, -0.1) is 0 Å². The van der Waals surface area contributed by atoms with E-state index in [2.05, 4.69) is 6.58 Å². The summed E-state index contributed by atoms with van der Waals surface area (Å²) < 4.78 is 16.7. The van der Waals surface area contributed by atoms with Crippen LogP contribution in [0.25, 0.3) is 0 Å². The molecule has 114 valence electrons. The van der Waals surface area contributed by atoms with Gasteiger partial charge < -0.3 is 24.4 Å². The van der Waals surface area contributed by atoms with Crippen LogP contribution in [0.3, 0.4) is 0 Å². The van der Waals surface area contributed by atoms with E-state index >= 15 is 0 Å². The van der Waals surface area contributed by atoms with Crippen LogP contribution in [0.1, 0.15) is 13.8 Å². The Labute approximate surface area is 121 Å². The van der Waals surface area contributed by atoms with Crippen molar-refractivity contribution in [2.45, 2.75) is 49.5 Å². The van der Waals surface area contributed by atoms with Crippen LogP contribution < -0.4 is 0 Å². The van der Waals surface area contributed by atoms with Gasteiger partial charge in [0.15, 0.2) is 0 Å². The Morgan fingerprint density at radius 1 is 1.43 bits per heavy atom. The zero-order valence-electron chi connectivity index (χ0n) is 11.9. The maximum atomic E-state index is 12.4. The summed E-state index contributed by atoms with van der Waals surface area (Å²) in [5, 5.41) is 22.4. The molecule has 6 heteroatoms. The normalized spacial score (nSPS) is 65.8. The predicted molar refractivity (Wildman–Crippen MR) is 68.1 cm³/mol. The molecule has 2 bridgehead atoms. The van der Waals surface area contributed by atoms with Crippen molar-refractivity contribution in [3.63, 3.8) is 0 Å². The molecule has 9 atom stereocenters. The molecule has 9 unspecified atom stereocenters. The smallest absolute Gasteiger partial charge is 0.313 e. The molecule has 1 spiro atoms. The number of hydrogen-bond acceptors (Lipinski definition) is 6. The van der Waals surface area contributed by atoms with E-state index in [1.807, 2.05) is 0 Å².